The van der Waals surface area contributed by atoms with Crippen LogP contribution in [-0.4, -0.2) is 19.9 Å². The summed E-state index contributed by atoms with van der Waals surface area (Å²) < 4.78 is 11.7. The van der Waals surface area contributed by atoms with Crippen LogP contribution in [-0.2, 0) is 0 Å². The number of hydrogen-bond donors (Lipinski definition) is 2. The summed E-state index contributed by atoms with van der Waals surface area (Å²) in [5, 5.41) is 3.39. The second-order valence-electron chi connectivity index (χ2n) is 4.06. The fourth-order valence-electron chi connectivity index (χ4n) is 1.89. The second-order valence-corrected chi connectivity index (χ2v) is 4.91. The third-order valence-electron chi connectivity index (χ3n) is 2.83. The molecule has 1 heterocycles. The number of nitrogens with two attached hydrogens (primary N) is 1. The summed E-state index contributed by atoms with van der Waals surface area (Å²) in [6.07, 6.45) is 2.80. The van der Waals surface area contributed by atoms with E-state index in [4.69, 9.17) is 15.2 Å². The first-order valence-corrected chi connectivity index (χ1v) is 6.69. The molecular formula is C13H17BrN2O2. The lowest BCUT2D eigenvalue weighted by atomic mass is 10.1. The zero-order valence-electron chi connectivity index (χ0n) is 10.1. The summed E-state index contributed by atoms with van der Waals surface area (Å²) in [5.41, 5.74) is 6.90. The molecule has 5 heteroatoms. The van der Waals surface area contributed by atoms with Gasteiger partial charge in [0.15, 0.2) is 11.5 Å². The molecule has 4 nitrogen and oxygen atoms in total. The molecule has 1 aliphatic rings. The summed E-state index contributed by atoms with van der Waals surface area (Å²) in [6.45, 7) is 5.36. The van der Waals surface area contributed by atoms with Gasteiger partial charge in [0.1, 0.15) is 0 Å². The number of fused-ring (bicyclic) bond motifs is 1. The van der Waals surface area contributed by atoms with E-state index in [9.17, 15) is 0 Å². The monoisotopic (exact) mass is 312 g/mol. The van der Waals surface area contributed by atoms with Crippen molar-refractivity contribution in [1.29, 1.82) is 0 Å². The van der Waals surface area contributed by atoms with E-state index in [2.05, 4.69) is 27.8 Å². The molecule has 1 unspecified atom stereocenters. The first kappa shape index (κ1) is 13.4. The van der Waals surface area contributed by atoms with Gasteiger partial charge >= 0.3 is 0 Å². The minimum absolute atomic E-state index is 0.107. The molecule has 0 bridgehead atoms. The van der Waals surface area contributed by atoms with Crippen molar-refractivity contribution in [2.75, 3.05) is 19.9 Å². The zero-order valence-corrected chi connectivity index (χ0v) is 11.7. The molecule has 1 atom stereocenters. The Kier molecular flexibility index (Phi) is 4.63. The first-order valence-electron chi connectivity index (χ1n) is 5.89. The Labute approximate surface area is 115 Å². The Bertz CT molecular complexity index is 437. The van der Waals surface area contributed by atoms with Gasteiger partial charge in [0.05, 0.1) is 4.47 Å². The van der Waals surface area contributed by atoms with E-state index in [1.54, 1.807) is 0 Å². The SMILES string of the molecule is C=CCCNC(CN)c1cc(Br)c2c(c1)OCO2. The van der Waals surface area contributed by atoms with Gasteiger partial charge in [-0.15, -0.1) is 6.58 Å². The minimum Gasteiger partial charge on any atom is -0.454 e. The van der Waals surface area contributed by atoms with E-state index in [-0.39, 0.29) is 12.8 Å². The quantitative estimate of drug-likeness (QED) is 0.625. The molecule has 0 aromatic heterocycles. The highest BCUT2D eigenvalue weighted by Crippen LogP contribution is 2.41. The molecule has 3 N–H and O–H groups in total. The van der Waals surface area contributed by atoms with Crippen LogP contribution < -0.4 is 20.5 Å². The van der Waals surface area contributed by atoms with E-state index in [0.29, 0.717) is 6.54 Å². The Morgan fingerprint density at radius 2 is 2.33 bits per heavy atom. The van der Waals surface area contributed by atoms with E-state index < -0.39 is 0 Å². The van der Waals surface area contributed by atoms with Gasteiger partial charge < -0.3 is 20.5 Å². The molecule has 0 saturated carbocycles. The normalized spacial score (nSPS) is 14.6. The third-order valence-corrected chi connectivity index (χ3v) is 3.42. The molecule has 18 heavy (non-hydrogen) atoms. The minimum atomic E-state index is 0.107. The van der Waals surface area contributed by atoms with E-state index >= 15 is 0 Å². The molecule has 0 fully saturated rings. The van der Waals surface area contributed by atoms with Gasteiger partial charge in [-0.25, -0.2) is 0 Å². The van der Waals surface area contributed by atoms with Crippen molar-refractivity contribution in [3.05, 3.63) is 34.8 Å². The molecule has 1 aliphatic heterocycles. The molecule has 1 aromatic carbocycles. The summed E-state index contributed by atoms with van der Waals surface area (Å²) >= 11 is 3.49. The predicted molar refractivity (Wildman–Crippen MR) is 74.9 cm³/mol. The average Bonchev–Trinajstić information content (AvgIpc) is 2.83. The maximum Gasteiger partial charge on any atom is 0.231 e. The Morgan fingerprint density at radius 3 is 3.06 bits per heavy atom. The molecule has 0 amide bonds. The maximum absolute atomic E-state index is 5.81. The number of nitrogens with one attached hydrogen (secondary N) is 1. The standard InChI is InChI=1S/C13H17BrN2O2/c1-2-3-4-16-11(7-15)9-5-10(14)13-12(6-9)17-8-18-13/h2,5-6,11,16H,1,3-4,7-8,15H2. The van der Waals surface area contributed by atoms with Crippen molar-refractivity contribution in [3.63, 3.8) is 0 Å². The molecule has 2 rings (SSSR count). The number of rotatable bonds is 6. The van der Waals surface area contributed by atoms with Gasteiger partial charge in [0.2, 0.25) is 6.79 Å². The highest BCUT2D eigenvalue weighted by molar-refractivity contribution is 9.10. The second kappa shape index (κ2) is 6.22. The van der Waals surface area contributed by atoms with Crippen molar-refractivity contribution in [3.8, 4) is 11.5 Å². The van der Waals surface area contributed by atoms with E-state index in [1.165, 1.54) is 0 Å². The predicted octanol–water partition coefficient (Wildman–Crippen LogP) is 2.34. The lowest BCUT2D eigenvalue weighted by Gasteiger charge is -2.17. The Hall–Kier alpha value is -1.04. The molecular weight excluding hydrogens is 296 g/mol. The summed E-state index contributed by atoms with van der Waals surface area (Å²) in [4.78, 5) is 0. The Balaban J connectivity index is 2.15. The molecule has 98 valence electrons. The van der Waals surface area contributed by atoms with Gasteiger partial charge in [-0.3, -0.25) is 0 Å². The van der Waals surface area contributed by atoms with Gasteiger partial charge in [0.25, 0.3) is 0 Å². The van der Waals surface area contributed by atoms with Crippen molar-refractivity contribution in [2.45, 2.75) is 12.5 Å². The molecule has 1 aromatic rings. The van der Waals surface area contributed by atoms with Crippen LogP contribution in [0.25, 0.3) is 0 Å². The van der Waals surface area contributed by atoms with Gasteiger partial charge in [-0.2, -0.15) is 0 Å². The van der Waals surface area contributed by atoms with Crippen LogP contribution in [0.2, 0.25) is 0 Å². The molecule has 0 radical (unpaired) electrons. The van der Waals surface area contributed by atoms with Gasteiger partial charge in [-0.1, -0.05) is 6.08 Å². The van der Waals surface area contributed by atoms with Crippen LogP contribution >= 0.6 is 15.9 Å². The zero-order chi connectivity index (χ0) is 13.0. The highest BCUT2D eigenvalue weighted by Gasteiger charge is 2.20. The topological polar surface area (TPSA) is 56.5 Å². The van der Waals surface area contributed by atoms with E-state index in [0.717, 1.165) is 34.5 Å². The van der Waals surface area contributed by atoms with Crippen LogP contribution in [0.3, 0.4) is 0 Å². The maximum atomic E-state index is 5.81. The van der Waals surface area contributed by atoms with Crippen LogP contribution in [0, 0.1) is 0 Å². The number of hydrogen-bond acceptors (Lipinski definition) is 4. The Morgan fingerprint density at radius 1 is 1.50 bits per heavy atom. The van der Waals surface area contributed by atoms with Gasteiger partial charge in [0, 0.05) is 12.6 Å². The summed E-state index contributed by atoms with van der Waals surface area (Å²) in [6, 6.07) is 4.10. The van der Waals surface area contributed by atoms with Crippen molar-refractivity contribution in [2.24, 2.45) is 5.73 Å². The van der Waals surface area contributed by atoms with Crippen LogP contribution in [0.15, 0.2) is 29.3 Å². The first-order chi connectivity index (χ1) is 8.76. The lowest BCUT2D eigenvalue weighted by Crippen LogP contribution is -2.28. The highest BCUT2D eigenvalue weighted by atomic mass is 79.9. The van der Waals surface area contributed by atoms with Crippen LogP contribution in [0.4, 0.5) is 0 Å². The smallest absolute Gasteiger partial charge is 0.231 e. The number of halogens is 1. The molecule has 0 saturated heterocycles. The lowest BCUT2D eigenvalue weighted by molar-refractivity contribution is 0.173. The summed E-state index contributed by atoms with van der Waals surface area (Å²) in [7, 11) is 0. The fraction of sp³-hybridized carbons (Fsp3) is 0.385. The van der Waals surface area contributed by atoms with E-state index in [1.807, 2.05) is 18.2 Å². The van der Waals surface area contributed by atoms with Crippen LogP contribution in [0.5, 0.6) is 11.5 Å². The fourth-order valence-corrected chi connectivity index (χ4v) is 2.46. The average molecular weight is 313 g/mol. The number of benzene rings is 1. The number of ether oxygens (including phenoxy) is 2. The van der Waals surface area contributed by atoms with Gasteiger partial charge in [-0.05, 0) is 46.6 Å². The van der Waals surface area contributed by atoms with Crippen molar-refractivity contribution in [1.82, 2.24) is 5.32 Å². The van der Waals surface area contributed by atoms with Crippen molar-refractivity contribution >= 4 is 15.9 Å². The summed E-state index contributed by atoms with van der Waals surface area (Å²) in [5.74, 6) is 1.53. The molecule has 0 spiro atoms. The molecule has 0 aliphatic carbocycles. The van der Waals surface area contributed by atoms with Crippen LogP contribution in [0.1, 0.15) is 18.0 Å². The van der Waals surface area contributed by atoms with Crippen molar-refractivity contribution < 1.29 is 9.47 Å². The third kappa shape index (κ3) is 2.85. The largest absolute Gasteiger partial charge is 0.454 e.